The van der Waals surface area contributed by atoms with Crippen molar-refractivity contribution >= 4 is 21.6 Å². The average molecular weight is 327 g/mol. The van der Waals surface area contributed by atoms with Crippen LogP contribution in [0.25, 0.3) is 0 Å². The first-order valence-electron chi connectivity index (χ1n) is 5.33. The van der Waals surface area contributed by atoms with Crippen LogP contribution in [0.1, 0.15) is 5.56 Å². The molecule has 0 aliphatic heterocycles. The van der Waals surface area contributed by atoms with E-state index in [4.69, 9.17) is 10.5 Å². The van der Waals surface area contributed by atoms with E-state index < -0.39 is 11.7 Å². The van der Waals surface area contributed by atoms with E-state index in [-0.39, 0.29) is 0 Å². The summed E-state index contributed by atoms with van der Waals surface area (Å²) in [4.78, 5) is 0. The first-order chi connectivity index (χ1) is 8.45. The molecule has 1 aromatic rings. The maximum atomic E-state index is 12.4. The summed E-state index contributed by atoms with van der Waals surface area (Å²) in [5.74, 6) is 0. The molecule has 1 rings (SSSR count). The first kappa shape index (κ1) is 15.3. The summed E-state index contributed by atoms with van der Waals surface area (Å²) in [6.45, 7) is 1.87. The number of hydrogen-bond donors (Lipinski definition) is 2. The van der Waals surface area contributed by atoms with Crippen LogP contribution in [0, 0.1) is 0 Å². The summed E-state index contributed by atoms with van der Waals surface area (Å²) < 4.78 is 42.8. The normalized spacial score (nSPS) is 11.6. The molecule has 0 bridgehead atoms. The number of halogens is 4. The highest BCUT2D eigenvalue weighted by Crippen LogP contribution is 2.33. The predicted octanol–water partition coefficient (Wildman–Crippen LogP) is 2.86. The molecule has 0 atom stereocenters. The Hall–Kier alpha value is -0.790. The Morgan fingerprint density at radius 1 is 1.28 bits per heavy atom. The quantitative estimate of drug-likeness (QED) is 0.790. The van der Waals surface area contributed by atoms with Gasteiger partial charge in [-0.3, -0.25) is 0 Å². The molecule has 1 aromatic carbocycles. The summed E-state index contributed by atoms with van der Waals surface area (Å²) in [6.07, 6.45) is -4.33. The van der Waals surface area contributed by atoms with E-state index in [1.165, 1.54) is 6.07 Å². The Morgan fingerprint density at radius 2 is 2.00 bits per heavy atom. The van der Waals surface area contributed by atoms with Gasteiger partial charge in [-0.25, -0.2) is 0 Å². The lowest BCUT2D eigenvalue weighted by Gasteiger charge is -2.12. The summed E-state index contributed by atoms with van der Waals surface area (Å²) in [6, 6.07) is 3.47. The number of alkyl halides is 3. The molecule has 3 N–H and O–H groups in total. The maximum absolute atomic E-state index is 12.4. The number of ether oxygens (including phenoxy) is 1. The van der Waals surface area contributed by atoms with Crippen molar-refractivity contribution in [2.45, 2.75) is 6.18 Å². The van der Waals surface area contributed by atoms with Gasteiger partial charge in [0.05, 0.1) is 18.8 Å². The van der Waals surface area contributed by atoms with E-state index in [1.54, 1.807) is 0 Å². The van der Waals surface area contributed by atoms with E-state index in [9.17, 15) is 13.2 Å². The van der Waals surface area contributed by atoms with Gasteiger partial charge >= 0.3 is 6.18 Å². The van der Waals surface area contributed by atoms with Crippen LogP contribution in [-0.4, -0.2) is 26.3 Å². The molecule has 0 saturated heterocycles. The maximum Gasteiger partial charge on any atom is 0.416 e. The van der Waals surface area contributed by atoms with Crippen LogP contribution in [0.15, 0.2) is 22.7 Å². The third-order valence-corrected chi connectivity index (χ3v) is 2.78. The lowest BCUT2D eigenvalue weighted by molar-refractivity contribution is -0.137. The fourth-order valence-corrected chi connectivity index (χ4v) is 1.80. The molecule has 102 valence electrons. The van der Waals surface area contributed by atoms with E-state index in [2.05, 4.69) is 21.2 Å². The molecule has 0 spiro atoms. The monoisotopic (exact) mass is 326 g/mol. The van der Waals surface area contributed by atoms with Crippen molar-refractivity contribution in [2.75, 3.05) is 31.6 Å². The van der Waals surface area contributed by atoms with Gasteiger partial charge in [0, 0.05) is 23.2 Å². The number of rotatable bonds is 6. The van der Waals surface area contributed by atoms with Crippen molar-refractivity contribution in [2.24, 2.45) is 5.73 Å². The lowest BCUT2D eigenvalue weighted by atomic mass is 10.2. The van der Waals surface area contributed by atoms with Gasteiger partial charge in [-0.1, -0.05) is 0 Å². The van der Waals surface area contributed by atoms with E-state index in [0.29, 0.717) is 36.5 Å². The first-order valence-corrected chi connectivity index (χ1v) is 6.13. The molecule has 0 aliphatic carbocycles. The van der Waals surface area contributed by atoms with Gasteiger partial charge in [-0.2, -0.15) is 13.2 Å². The molecule has 0 amide bonds. The topological polar surface area (TPSA) is 47.3 Å². The highest BCUT2D eigenvalue weighted by molar-refractivity contribution is 9.10. The highest BCUT2D eigenvalue weighted by Gasteiger charge is 2.30. The SMILES string of the molecule is NCCOCCNc1ccc(C(F)(F)F)cc1Br. The summed E-state index contributed by atoms with van der Waals surface area (Å²) >= 11 is 3.10. The van der Waals surface area contributed by atoms with Gasteiger partial charge in [0.25, 0.3) is 0 Å². The zero-order valence-electron chi connectivity index (χ0n) is 9.56. The number of benzene rings is 1. The summed E-state index contributed by atoms with van der Waals surface area (Å²) in [5, 5.41) is 2.97. The van der Waals surface area contributed by atoms with Gasteiger partial charge in [0.15, 0.2) is 0 Å². The number of anilines is 1. The predicted molar refractivity (Wildman–Crippen MR) is 67.5 cm³/mol. The number of hydrogen-bond acceptors (Lipinski definition) is 3. The second kappa shape index (κ2) is 6.96. The molecule has 0 heterocycles. The van der Waals surface area contributed by atoms with Crippen molar-refractivity contribution in [3.8, 4) is 0 Å². The summed E-state index contributed by atoms with van der Waals surface area (Å²) in [7, 11) is 0. The molecular formula is C11H14BrF3N2O. The van der Waals surface area contributed by atoms with Crippen LogP contribution in [0.5, 0.6) is 0 Å². The van der Waals surface area contributed by atoms with Crippen molar-refractivity contribution in [1.29, 1.82) is 0 Å². The Bertz CT molecular complexity index is 385. The zero-order chi connectivity index (χ0) is 13.6. The molecule has 0 radical (unpaired) electrons. The minimum atomic E-state index is -4.33. The molecular weight excluding hydrogens is 313 g/mol. The van der Waals surface area contributed by atoms with Gasteiger partial charge < -0.3 is 15.8 Å². The van der Waals surface area contributed by atoms with Crippen LogP contribution in [0.4, 0.5) is 18.9 Å². The molecule has 7 heteroatoms. The van der Waals surface area contributed by atoms with Crippen LogP contribution >= 0.6 is 15.9 Å². The van der Waals surface area contributed by atoms with Crippen LogP contribution in [0.2, 0.25) is 0 Å². The Morgan fingerprint density at radius 3 is 2.56 bits per heavy atom. The third-order valence-electron chi connectivity index (χ3n) is 2.12. The molecule has 0 fully saturated rings. The van der Waals surface area contributed by atoms with Crippen LogP contribution in [0.3, 0.4) is 0 Å². The van der Waals surface area contributed by atoms with Gasteiger partial charge in [-0.05, 0) is 34.1 Å². The Kier molecular flexibility index (Phi) is 5.90. The van der Waals surface area contributed by atoms with Gasteiger partial charge in [0.2, 0.25) is 0 Å². The van der Waals surface area contributed by atoms with E-state index in [1.807, 2.05) is 0 Å². The highest BCUT2D eigenvalue weighted by atomic mass is 79.9. The second-order valence-corrected chi connectivity index (χ2v) is 4.37. The molecule has 18 heavy (non-hydrogen) atoms. The molecule has 0 saturated carbocycles. The number of nitrogens with one attached hydrogen (secondary N) is 1. The van der Waals surface area contributed by atoms with Crippen molar-refractivity contribution in [3.05, 3.63) is 28.2 Å². The standard InChI is InChI=1S/C11H14BrF3N2O/c12-9-7-8(11(13,14)15)1-2-10(9)17-4-6-18-5-3-16/h1-2,7,17H,3-6,16H2. The molecule has 0 aromatic heterocycles. The number of nitrogens with two attached hydrogens (primary N) is 1. The minimum absolute atomic E-state index is 0.371. The fraction of sp³-hybridized carbons (Fsp3) is 0.455. The smallest absolute Gasteiger partial charge is 0.382 e. The van der Waals surface area contributed by atoms with Gasteiger partial charge in [0.1, 0.15) is 0 Å². The van der Waals surface area contributed by atoms with E-state index in [0.717, 1.165) is 12.1 Å². The van der Waals surface area contributed by atoms with E-state index >= 15 is 0 Å². The minimum Gasteiger partial charge on any atom is -0.382 e. The average Bonchev–Trinajstić information content (AvgIpc) is 2.29. The van der Waals surface area contributed by atoms with Crippen molar-refractivity contribution in [1.82, 2.24) is 0 Å². The Labute approximate surface area is 112 Å². The molecule has 0 aliphatic rings. The van der Waals surface area contributed by atoms with Gasteiger partial charge in [-0.15, -0.1) is 0 Å². The molecule has 0 unspecified atom stereocenters. The fourth-order valence-electron chi connectivity index (χ4n) is 1.28. The zero-order valence-corrected chi connectivity index (χ0v) is 11.1. The van der Waals surface area contributed by atoms with Crippen LogP contribution in [-0.2, 0) is 10.9 Å². The Balaban J connectivity index is 2.53. The van der Waals surface area contributed by atoms with Crippen molar-refractivity contribution < 1.29 is 17.9 Å². The largest absolute Gasteiger partial charge is 0.416 e. The lowest BCUT2D eigenvalue weighted by Crippen LogP contribution is -2.14. The van der Waals surface area contributed by atoms with Crippen LogP contribution < -0.4 is 11.1 Å². The third kappa shape index (κ3) is 4.83. The molecule has 3 nitrogen and oxygen atoms in total. The second-order valence-electron chi connectivity index (χ2n) is 3.52. The summed E-state index contributed by atoms with van der Waals surface area (Å²) in [5.41, 5.74) is 5.16. The van der Waals surface area contributed by atoms with Crippen molar-refractivity contribution in [3.63, 3.8) is 0 Å².